The first-order valence-corrected chi connectivity index (χ1v) is 14.8. The topological polar surface area (TPSA) is 102 Å². The fourth-order valence-electron chi connectivity index (χ4n) is 7.27. The number of aryl methyl sites for hydroxylation is 1. The van der Waals surface area contributed by atoms with Gasteiger partial charge in [-0.3, -0.25) is 24.1 Å². The zero-order valence-corrected chi connectivity index (χ0v) is 23.9. The Morgan fingerprint density at radius 1 is 0.886 bits per heavy atom. The second-order valence-corrected chi connectivity index (χ2v) is 11.8. The van der Waals surface area contributed by atoms with E-state index in [1.807, 2.05) is 55.5 Å². The molecule has 0 radical (unpaired) electrons. The quantitative estimate of drug-likeness (QED) is 0.121. The van der Waals surface area contributed by atoms with Gasteiger partial charge in [0.1, 0.15) is 12.4 Å². The third kappa shape index (κ3) is 3.87. The van der Waals surface area contributed by atoms with Crippen molar-refractivity contribution < 1.29 is 28.7 Å². The summed E-state index contributed by atoms with van der Waals surface area (Å²) >= 11 is 0. The molecule has 8 rings (SSSR count). The number of ether oxygens (including phenoxy) is 2. The van der Waals surface area contributed by atoms with Gasteiger partial charge >= 0.3 is 0 Å². The molecular weight excluding hydrogens is 556 g/mol. The maximum atomic E-state index is 13.8. The number of amides is 3. The van der Waals surface area contributed by atoms with E-state index in [0.29, 0.717) is 16.9 Å². The van der Waals surface area contributed by atoms with E-state index in [1.165, 1.54) is 4.90 Å². The molecule has 3 amide bonds. The van der Waals surface area contributed by atoms with Crippen LogP contribution in [0.4, 0.5) is 0 Å². The van der Waals surface area contributed by atoms with Crippen molar-refractivity contribution in [3.63, 3.8) is 0 Å². The summed E-state index contributed by atoms with van der Waals surface area (Å²) in [7, 11) is 0. The monoisotopic (exact) mass is 584 g/mol. The van der Waals surface area contributed by atoms with E-state index in [-0.39, 0.29) is 30.9 Å². The van der Waals surface area contributed by atoms with Crippen LogP contribution in [0.25, 0.3) is 32.3 Å². The van der Waals surface area contributed by atoms with Gasteiger partial charge in [0.25, 0.3) is 5.91 Å². The molecule has 0 saturated carbocycles. The van der Waals surface area contributed by atoms with Gasteiger partial charge in [0.15, 0.2) is 6.29 Å². The largest absolute Gasteiger partial charge is 0.491 e. The zero-order chi connectivity index (χ0) is 30.1. The van der Waals surface area contributed by atoms with Gasteiger partial charge < -0.3 is 14.8 Å². The highest BCUT2D eigenvalue weighted by molar-refractivity contribution is 6.26. The number of carbonyl (C=O) groups excluding carboxylic acids is 4. The summed E-state index contributed by atoms with van der Waals surface area (Å²) in [6, 6.07) is 22.5. The number of benzene rings is 5. The first-order chi connectivity index (χ1) is 21.4. The molecule has 3 aliphatic heterocycles. The molecule has 8 heteroatoms. The fourth-order valence-corrected chi connectivity index (χ4v) is 7.27. The van der Waals surface area contributed by atoms with Crippen LogP contribution in [0.3, 0.4) is 0 Å². The standard InChI is InChI=1S/C36H28N2O6/c1-19-4-2-7-27(26(19)17-39)43-18-23(38-35(41)32-28-14-15-29(44-28)33(32)36(38)42)16-37-34(40)25-13-11-22-9-8-20-5-3-6-21-10-12-24(25)31(22)30(20)21/h2-15,17,23,28-29,32-33H,16,18H2,1H3,(H,37,40). The van der Waals surface area contributed by atoms with Crippen LogP contribution in [-0.2, 0) is 14.3 Å². The number of likely N-dealkylation sites (tertiary alicyclic amines) is 1. The Morgan fingerprint density at radius 2 is 1.52 bits per heavy atom. The summed E-state index contributed by atoms with van der Waals surface area (Å²) in [5.41, 5.74) is 1.65. The van der Waals surface area contributed by atoms with E-state index in [0.717, 1.165) is 44.2 Å². The zero-order valence-electron chi connectivity index (χ0n) is 23.9. The molecule has 5 unspecified atom stereocenters. The molecule has 5 atom stereocenters. The summed E-state index contributed by atoms with van der Waals surface area (Å²) in [6.45, 7) is 1.69. The molecule has 8 nitrogen and oxygen atoms in total. The van der Waals surface area contributed by atoms with Crippen LogP contribution >= 0.6 is 0 Å². The fraction of sp³-hybridized carbons (Fsp3) is 0.222. The minimum atomic E-state index is -0.802. The Morgan fingerprint density at radius 3 is 2.23 bits per heavy atom. The molecule has 2 fully saturated rings. The van der Waals surface area contributed by atoms with Crippen molar-refractivity contribution in [2.75, 3.05) is 13.2 Å². The summed E-state index contributed by atoms with van der Waals surface area (Å²) < 4.78 is 11.9. The number of hydrogen-bond donors (Lipinski definition) is 1. The van der Waals surface area contributed by atoms with Crippen molar-refractivity contribution >= 4 is 56.3 Å². The number of imide groups is 1. The molecule has 5 aromatic carbocycles. The predicted octanol–water partition coefficient (Wildman–Crippen LogP) is 4.82. The van der Waals surface area contributed by atoms with Crippen molar-refractivity contribution in [2.45, 2.75) is 25.2 Å². The summed E-state index contributed by atoms with van der Waals surface area (Å²) in [6.07, 6.45) is 3.54. The lowest BCUT2D eigenvalue weighted by Crippen LogP contribution is -2.51. The number of rotatable bonds is 8. The molecule has 218 valence electrons. The molecule has 0 spiro atoms. The molecule has 0 aliphatic carbocycles. The van der Waals surface area contributed by atoms with E-state index in [9.17, 15) is 19.2 Å². The summed E-state index contributed by atoms with van der Waals surface area (Å²) in [5.74, 6) is -1.80. The summed E-state index contributed by atoms with van der Waals surface area (Å²) in [4.78, 5) is 54.2. The van der Waals surface area contributed by atoms with Crippen LogP contribution < -0.4 is 10.1 Å². The van der Waals surface area contributed by atoms with Crippen LogP contribution in [-0.4, -0.2) is 60.3 Å². The van der Waals surface area contributed by atoms with Crippen LogP contribution in [0.5, 0.6) is 5.75 Å². The first kappa shape index (κ1) is 26.5. The average Bonchev–Trinajstić information content (AvgIpc) is 3.73. The molecule has 2 saturated heterocycles. The Hall–Kier alpha value is -5.08. The highest BCUT2D eigenvalue weighted by Gasteiger charge is 2.61. The predicted molar refractivity (Wildman–Crippen MR) is 165 cm³/mol. The van der Waals surface area contributed by atoms with E-state index in [1.54, 1.807) is 12.1 Å². The highest BCUT2D eigenvalue weighted by atomic mass is 16.5. The number of hydrogen-bond acceptors (Lipinski definition) is 6. The smallest absolute Gasteiger partial charge is 0.251 e. The molecule has 1 N–H and O–H groups in total. The van der Waals surface area contributed by atoms with Crippen molar-refractivity contribution in [1.29, 1.82) is 0 Å². The molecule has 3 heterocycles. The van der Waals surface area contributed by atoms with Gasteiger partial charge in [0, 0.05) is 12.1 Å². The van der Waals surface area contributed by atoms with Gasteiger partial charge in [-0.1, -0.05) is 72.8 Å². The van der Waals surface area contributed by atoms with Gasteiger partial charge in [-0.05, 0) is 56.9 Å². The lowest BCUT2D eigenvalue weighted by atomic mass is 9.85. The van der Waals surface area contributed by atoms with Crippen LogP contribution in [0.2, 0.25) is 0 Å². The van der Waals surface area contributed by atoms with Gasteiger partial charge in [-0.15, -0.1) is 0 Å². The van der Waals surface area contributed by atoms with Crippen molar-refractivity contribution in [3.05, 3.63) is 102 Å². The van der Waals surface area contributed by atoms with Gasteiger partial charge in [0.05, 0.1) is 35.6 Å². The minimum Gasteiger partial charge on any atom is -0.491 e. The van der Waals surface area contributed by atoms with Gasteiger partial charge in [-0.2, -0.15) is 0 Å². The number of nitrogens with zero attached hydrogens (tertiary/aromatic N) is 1. The minimum absolute atomic E-state index is 0.0242. The Balaban J connectivity index is 1.11. The molecule has 44 heavy (non-hydrogen) atoms. The van der Waals surface area contributed by atoms with Gasteiger partial charge in [-0.25, -0.2) is 0 Å². The SMILES string of the molecule is Cc1cccc(OCC(CNC(=O)c2ccc3ccc4cccc5ccc2c3c45)N2C(=O)C3C4C=CC(O4)C3C2=O)c1C=O. The average molecular weight is 585 g/mol. The third-order valence-corrected chi connectivity index (χ3v) is 9.41. The highest BCUT2D eigenvalue weighted by Crippen LogP contribution is 2.45. The molecule has 3 aliphatic rings. The van der Waals surface area contributed by atoms with Gasteiger partial charge in [0.2, 0.25) is 11.8 Å². The van der Waals surface area contributed by atoms with Crippen molar-refractivity contribution in [3.8, 4) is 5.75 Å². The molecule has 2 bridgehead atoms. The Labute approximate surface area is 252 Å². The second kappa shape index (κ2) is 9.99. The maximum absolute atomic E-state index is 13.8. The van der Waals surface area contributed by atoms with Crippen molar-refractivity contribution in [2.24, 2.45) is 11.8 Å². The number of aldehydes is 1. The lowest BCUT2D eigenvalue weighted by Gasteiger charge is -2.28. The third-order valence-electron chi connectivity index (χ3n) is 9.41. The summed E-state index contributed by atoms with van der Waals surface area (Å²) in [5, 5.41) is 9.20. The second-order valence-electron chi connectivity index (χ2n) is 11.8. The Kier molecular flexibility index (Phi) is 6.03. The normalized spacial score (nSPS) is 22.8. The van der Waals surface area contributed by atoms with E-state index in [2.05, 4.69) is 29.6 Å². The van der Waals surface area contributed by atoms with E-state index in [4.69, 9.17) is 9.47 Å². The van der Waals surface area contributed by atoms with Crippen LogP contribution in [0.15, 0.2) is 84.9 Å². The molecule has 0 aromatic heterocycles. The number of nitrogens with one attached hydrogen (secondary N) is 1. The Bertz CT molecular complexity index is 2000. The number of fused-ring (bicyclic) bond motifs is 5. The van der Waals surface area contributed by atoms with Crippen LogP contribution in [0.1, 0.15) is 26.3 Å². The van der Waals surface area contributed by atoms with Crippen LogP contribution in [0, 0.1) is 18.8 Å². The van der Waals surface area contributed by atoms with E-state index >= 15 is 0 Å². The maximum Gasteiger partial charge on any atom is 0.251 e. The van der Waals surface area contributed by atoms with Crippen molar-refractivity contribution in [1.82, 2.24) is 10.2 Å². The lowest BCUT2D eigenvalue weighted by molar-refractivity contribution is -0.145. The molecule has 5 aromatic rings. The first-order valence-electron chi connectivity index (χ1n) is 14.8. The molecular formula is C36H28N2O6. The van der Waals surface area contributed by atoms with E-state index < -0.39 is 30.1 Å². The number of carbonyl (C=O) groups is 4.